The molecular formula is C18H29N3O3. The molecule has 3 heterocycles. The van der Waals surface area contributed by atoms with Crippen molar-refractivity contribution < 1.29 is 14.3 Å². The summed E-state index contributed by atoms with van der Waals surface area (Å²) in [5.74, 6) is 0.829. The molecule has 0 N–H and O–H groups in total. The first-order valence-electron chi connectivity index (χ1n) is 9.57. The Kier molecular flexibility index (Phi) is 4.52. The highest BCUT2D eigenvalue weighted by molar-refractivity contribution is 5.89. The molecule has 24 heavy (non-hydrogen) atoms. The summed E-state index contributed by atoms with van der Waals surface area (Å²) >= 11 is 0. The fraction of sp³-hybridized carbons (Fsp3) is 0.889. The lowest BCUT2D eigenvalue weighted by Crippen LogP contribution is -2.47. The molecule has 3 aliphatic heterocycles. The van der Waals surface area contributed by atoms with E-state index in [1.165, 1.54) is 0 Å². The first kappa shape index (κ1) is 16.3. The number of hydrogen-bond acceptors (Lipinski definition) is 4. The van der Waals surface area contributed by atoms with Crippen LogP contribution in [-0.4, -0.2) is 84.5 Å². The van der Waals surface area contributed by atoms with Gasteiger partial charge < -0.3 is 14.5 Å². The quantitative estimate of drug-likeness (QED) is 0.754. The highest BCUT2D eigenvalue weighted by atomic mass is 16.5. The Balaban J connectivity index is 1.39. The topological polar surface area (TPSA) is 53.1 Å². The van der Waals surface area contributed by atoms with E-state index in [9.17, 15) is 9.59 Å². The zero-order valence-corrected chi connectivity index (χ0v) is 14.7. The monoisotopic (exact) mass is 335 g/mol. The van der Waals surface area contributed by atoms with Gasteiger partial charge >= 0.3 is 0 Å². The molecule has 6 nitrogen and oxygen atoms in total. The van der Waals surface area contributed by atoms with Crippen molar-refractivity contribution >= 4 is 11.8 Å². The van der Waals surface area contributed by atoms with E-state index in [0.717, 1.165) is 58.7 Å². The third-order valence-corrected chi connectivity index (χ3v) is 6.25. The van der Waals surface area contributed by atoms with Crippen LogP contribution in [0.15, 0.2) is 0 Å². The van der Waals surface area contributed by atoms with E-state index in [0.29, 0.717) is 31.0 Å². The van der Waals surface area contributed by atoms with Crippen LogP contribution in [-0.2, 0) is 14.3 Å². The van der Waals surface area contributed by atoms with Crippen LogP contribution < -0.4 is 0 Å². The summed E-state index contributed by atoms with van der Waals surface area (Å²) in [6.45, 7) is 8.10. The van der Waals surface area contributed by atoms with Gasteiger partial charge in [0.05, 0.1) is 19.1 Å². The number of nitrogens with zero attached hydrogens (tertiary/aromatic N) is 3. The Morgan fingerprint density at radius 1 is 1.17 bits per heavy atom. The van der Waals surface area contributed by atoms with Gasteiger partial charge in [0.25, 0.3) is 0 Å². The Labute approximate surface area is 144 Å². The molecule has 4 fully saturated rings. The van der Waals surface area contributed by atoms with Crippen molar-refractivity contribution in [3.05, 3.63) is 0 Å². The fourth-order valence-corrected chi connectivity index (χ4v) is 4.65. The molecular weight excluding hydrogens is 306 g/mol. The maximum atomic E-state index is 13.0. The molecule has 0 unspecified atom stereocenters. The smallest absolute Gasteiger partial charge is 0.228 e. The summed E-state index contributed by atoms with van der Waals surface area (Å²) in [6.07, 6.45) is 3.76. The Morgan fingerprint density at radius 2 is 1.92 bits per heavy atom. The predicted octanol–water partition coefficient (Wildman–Crippen LogP) is 0.567. The number of carbonyl (C=O) groups excluding carboxylic acids is 2. The van der Waals surface area contributed by atoms with Crippen LogP contribution in [0, 0.1) is 11.8 Å². The van der Waals surface area contributed by atoms with Gasteiger partial charge in [0, 0.05) is 51.2 Å². The lowest BCUT2D eigenvalue weighted by Gasteiger charge is -2.34. The first-order chi connectivity index (χ1) is 11.7. The molecule has 4 aliphatic rings. The Morgan fingerprint density at radius 3 is 2.58 bits per heavy atom. The van der Waals surface area contributed by atoms with Crippen molar-refractivity contribution in [2.24, 2.45) is 11.8 Å². The molecule has 1 aliphatic carbocycles. The van der Waals surface area contributed by atoms with E-state index in [4.69, 9.17) is 4.74 Å². The van der Waals surface area contributed by atoms with Crippen LogP contribution in [0.1, 0.15) is 32.6 Å². The molecule has 0 radical (unpaired) electrons. The van der Waals surface area contributed by atoms with Gasteiger partial charge in [-0.1, -0.05) is 13.3 Å². The van der Waals surface area contributed by atoms with Crippen LogP contribution in [0.4, 0.5) is 0 Å². The minimum absolute atomic E-state index is 0.112. The van der Waals surface area contributed by atoms with E-state index >= 15 is 0 Å². The van der Waals surface area contributed by atoms with Gasteiger partial charge in [0.1, 0.15) is 0 Å². The summed E-state index contributed by atoms with van der Waals surface area (Å²) in [6, 6.07) is 0.887. The maximum absolute atomic E-state index is 13.0. The molecule has 3 atom stereocenters. The number of hydrogen-bond donors (Lipinski definition) is 0. The average molecular weight is 335 g/mol. The molecule has 2 amide bonds. The number of ether oxygens (including phenoxy) is 1. The van der Waals surface area contributed by atoms with Gasteiger partial charge in [0.15, 0.2) is 0 Å². The van der Waals surface area contributed by atoms with Crippen LogP contribution in [0.5, 0.6) is 0 Å². The minimum atomic E-state index is -0.112. The third kappa shape index (κ3) is 3.06. The van der Waals surface area contributed by atoms with Crippen molar-refractivity contribution in [1.29, 1.82) is 0 Å². The largest absolute Gasteiger partial charge is 0.379 e. The SMILES string of the molecule is CC[C@@H]1CN(C(=O)[C@@H]2CC(=O)N(C3CC3)C2)C[C@H]1N1CCOCC1. The molecule has 4 rings (SSSR count). The number of rotatable bonds is 4. The number of carbonyl (C=O) groups is 2. The predicted molar refractivity (Wildman–Crippen MR) is 89.4 cm³/mol. The minimum Gasteiger partial charge on any atom is -0.379 e. The van der Waals surface area contributed by atoms with E-state index < -0.39 is 0 Å². The van der Waals surface area contributed by atoms with E-state index in [1.807, 2.05) is 9.80 Å². The molecule has 0 aromatic carbocycles. The van der Waals surface area contributed by atoms with E-state index in [-0.39, 0.29) is 17.7 Å². The third-order valence-electron chi connectivity index (χ3n) is 6.25. The molecule has 134 valence electrons. The second-order valence-electron chi connectivity index (χ2n) is 7.81. The molecule has 0 aromatic heterocycles. The van der Waals surface area contributed by atoms with Gasteiger partial charge in [-0.15, -0.1) is 0 Å². The van der Waals surface area contributed by atoms with Gasteiger partial charge in [-0.2, -0.15) is 0 Å². The molecule has 0 spiro atoms. The van der Waals surface area contributed by atoms with Crippen LogP contribution in [0.2, 0.25) is 0 Å². The van der Waals surface area contributed by atoms with Gasteiger partial charge in [0.2, 0.25) is 11.8 Å². The van der Waals surface area contributed by atoms with Crippen molar-refractivity contribution in [2.45, 2.75) is 44.7 Å². The lowest BCUT2D eigenvalue weighted by molar-refractivity contribution is -0.135. The van der Waals surface area contributed by atoms with Crippen LogP contribution >= 0.6 is 0 Å². The highest BCUT2D eigenvalue weighted by Gasteiger charge is 2.45. The molecule has 0 bridgehead atoms. The van der Waals surface area contributed by atoms with Gasteiger partial charge in [-0.3, -0.25) is 14.5 Å². The highest BCUT2D eigenvalue weighted by Crippen LogP contribution is 2.34. The van der Waals surface area contributed by atoms with Crippen LogP contribution in [0.25, 0.3) is 0 Å². The summed E-state index contributed by atoms with van der Waals surface area (Å²) in [4.78, 5) is 31.6. The average Bonchev–Trinajstić information content (AvgIpc) is 3.24. The standard InChI is InChI=1S/C18H29N3O3/c1-2-13-10-20(12-16(13)19-5-7-24-8-6-19)18(23)14-9-17(22)21(11-14)15-3-4-15/h13-16H,2-12H2,1H3/t13-,14-,16-/m1/s1. The maximum Gasteiger partial charge on any atom is 0.228 e. The van der Waals surface area contributed by atoms with Crippen LogP contribution in [0.3, 0.4) is 0 Å². The van der Waals surface area contributed by atoms with Crippen molar-refractivity contribution in [1.82, 2.24) is 14.7 Å². The molecule has 0 aromatic rings. The summed E-state index contributed by atoms with van der Waals surface area (Å²) < 4.78 is 5.47. The zero-order chi connectivity index (χ0) is 16.7. The molecule has 6 heteroatoms. The first-order valence-corrected chi connectivity index (χ1v) is 9.57. The summed E-state index contributed by atoms with van der Waals surface area (Å²) in [7, 11) is 0. The normalized spacial score (nSPS) is 35.0. The number of amides is 2. The van der Waals surface area contributed by atoms with E-state index in [2.05, 4.69) is 11.8 Å². The lowest BCUT2D eigenvalue weighted by atomic mass is 9.99. The van der Waals surface area contributed by atoms with E-state index in [1.54, 1.807) is 0 Å². The Bertz CT molecular complexity index is 502. The molecule has 3 saturated heterocycles. The van der Waals surface area contributed by atoms with Crippen molar-refractivity contribution in [3.8, 4) is 0 Å². The van der Waals surface area contributed by atoms with Gasteiger partial charge in [-0.05, 0) is 18.8 Å². The zero-order valence-electron chi connectivity index (χ0n) is 14.7. The summed E-state index contributed by atoms with van der Waals surface area (Å²) in [5.41, 5.74) is 0. The molecule has 1 saturated carbocycles. The van der Waals surface area contributed by atoms with Gasteiger partial charge in [-0.25, -0.2) is 0 Å². The number of morpholine rings is 1. The fourth-order valence-electron chi connectivity index (χ4n) is 4.65. The second kappa shape index (κ2) is 6.64. The second-order valence-corrected chi connectivity index (χ2v) is 7.81. The van der Waals surface area contributed by atoms with Crippen molar-refractivity contribution in [3.63, 3.8) is 0 Å². The number of likely N-dealkylation sites (tertiary alicyclic amines) is 2. The van der Waals surface area contributed by atoms with Crippen molar-refractivity contribution in [2.75, 3.05) is 45.9 Å². The summed E-state index contributed by atoms with van der Waals surface area (Å²) in [5, 5.41) is 0. The Hall–Kier alpha value is -1.14.